The summed E-state index contributed by atoms with van der Waals surface area (Å²) in [6, 6.07) is 10.1. The highest BCUT2D eigenvalue weighted by molar-refractivity contribution is 5.88. The smallest absolute Gasteiger partial charge is 0.313 e. The lowest BCUT2D eigenvalue weighted by Crippen LogP contribution is -2.32. The number of carbonyl (C=O) groups is 1. The van der Waals surface area contributed by atoms with E-state index < -0.39 is 0 Å². The van der Waals surface area contributed by atoms with Crippen molar-refractivity contribution in [1.82, 2.24) is 9.55 Å². The maximum absolute atomic E-state index is 13.2. The van der Waals surface area contributed by atoms with Crippen molar-refractivity contribution >= 4 is 16.9 Å². The van der Waals surface area contributed by atoms with E-state index in [-0.39, 0.29) is 24.1 Å². The monoisotopic (exact) mass is 360 g/mol. The lowest BCUT2D eigenvalue weighted by Gasteiger charge is -2.24. The Kier molecular flexibility index (Phi) is 3.47. The van der Waals surface area contributed by atoms with Crippen LogP contribution in [0.5, 0.6) is 0 Å². The molecular formula is C22H20N2O3. The number of para-hydroxylation sites is 1. The number of aryl methyl sites for hydroxylation is 1. The Morgan fingerprint density at radius 2 is 2.00 bits per heavy atom. The number of aromatic nitrogens is 2. The summed E-state index contributed by atoms with van der Waals surface area (Å²) in [4.78, 5) is 30.2. The van der Waals surface area contributed by atoms with Gasteiger partial charge in [-0.1, -0.05) is 32.0 Å². The van der Waals surface area contributed by atoms with E-state index in [4.69, 9.17) is 9.72 Å². The molecule has 27 heavy (non-hydrogen) atoms. The number of esters is 1. The maximum Gasteiger partial charge on any atom is 0.313 e. The zero-order chi connectivity index (χ0) is 18.7. The second kappa shape index (κ2) is 5.78. The fourth-order valence-electron chi connectivity index (χ4n) is 4.54. The number of carbonyl (C=O) groups excluding carboxylic acids is 1. The second-order valence-electron chi connectivity index (χ2n) is 7.21. The Balaban J connectivity index is 1.82. The van der Waals surface area contributed by atoms with Crippen LogP contribution in [0.1, 0.15) is 48.4 Å². The average Bonchev–Trinajstić information content (AvgIpc) is 3.05. The van der Waals surface area contributed by atoms with Crippen molar-refractivity contribution < 1.29 is 9.53 Å². The molecule has 136 valence electrons. The number of fused-ring (bicyclic) bond motifs is 5. The fourth-order valence-corrected chi connectivity index (χ4v) is 4.54. The topological polar surface area (TPSA) is 61.2 Å². The summed E-state index contributed by atoms with van der Waals surface area (Å²) in [6.07, 6.45) is 1.50. The van der Waals surface area contributed by atoms with E-state index in [0.29, 0.717) is 18.5 Å². The Morgan fingerprint density at radius 3 is 2.78 bits per heavy atom. The lowest BCUT2D eigenvalue weighted by molar-refractivity contribution is -0.148. The first-order chi connectivity index (χ1) is 13.1. The minimum Gasteiger partial charge on any atom is -0.460 e. The normalized spacial score (nSPS) is 17.4. The molecule has 0 bridgehead atoms. The van der Waals surface area contributed by atoms with Crippen LogP contribution in [-0.2, 0) is 29.1 Å². The Bertz CT molecular complexity index is 1180. The van der Waals surface area contributed by atoms with E-state index in [1.54, 1.807) is 4.57 Å². The molecule has 0 aliphatic carbocycles. The minimum absolute atomic E-state index is 0.0578. The van der Waals surface area contributed by atoms with Gasteiger partial charge in [-0.25, -0.2) is 4.98 Å². The van der Waals surface area contributed by atoms with Crippen LogP contribution >= 0.6 is 0 Å². The molecule has 1 aromatic carbocycles. The summed E-state index contributed by atoms with van der Waals surface area (Å²) in [5.41, 5.74) is 6.37. The largest absolute Gasteiger partial charge is 0.460 e. The van der Waals surface area contributed by atoms with Gasteiger partial charge in [-0.2, -0.15) is 0 Å². The molecule has 0 N–H and O–H groups in total. The van der Waals surface area contributed by atoms with Crippen molar-refractivity contribution in [3.63, 3.8) is 0 Å². The lowest BCUT2D eigenvalue weighted by atomic mass is 9.90. The predicted molar refractivity (Wildman–Crippen MR) is 103 cm³/mol. The van der Waals surface area contributed by atoms with Crippen molar-refractivity contribution in [3.05, 3.63) is 62.9 Å². The van der Waals surface area contributed by atoms with Crippen LogP contribution in [0.25, 0.3) is 22.3 Å². The van der Waals surface area contributed by atoms with Crippen molar-refractivity contribution in [1.29, 1.82) is 0 Å². The zero-order valence-corrected chi connectivity index (χ0v) is 15.4. The quantitative estimate of drug-likeness (QED) is 0.513. The molecule has 4 heterocycles. The van der Waals surface area contributed by atoms with Crippen molar-refractivity contribution in [2.75, 3.05) is 0 Å². The number of benzene rings is 1. The van der Waals surface area contributed by atoms with Crippen LogP contribution in [0.2, 0.25) is 0 Å². The molecule has 5 rings (SSSR count). The Labute approximate surface area is 156 Å². The highest BCUT2D eigenvalue weighted by Gasteiger charge is 2.34. The number of hydrogen-bond donors (Lipinski definition) is 0. The van der Waals surface area contributed by atoms with Gasteiger partial charge in [-0.3, -0.25) is 9.59 Å². The van der Waals surface area contributed by atoms with E-state index >= 15 is 0 Å². The molecule has 3 aromatic rings. The third-order valence-electron chi connectivity index (χ3n) is 5.89. The van der Waals surface area contributed by atoms with Gasteiger partial charge in [-0.05, 0) is 36.1 Å². The third-order valence-corrected chi connectivity index (χ3v) is 5.89. The molecular weight excluding hydrogens is 340 g/mol. The molecule has 2 aromatic heterocycles. The van der Waals surface area contributed by atoms with E-state index in [2.05, 4.69) is 13.0 Å². The second-order valence-corrected chi connectivity index (χ2v) is 7.21. The van der Waals surface area contributed by atoms with Gasteiger partial charge >= 0.3 is 5.97 Å². The number of ether oxygens (including phenoxy) is 1. The summed E-state index contributed by atoms with van der Waals surface area (Å²) >= 11 is 0. The number of rotatable bonds is 2. The molecule has 1 atom stereocenters. The standard InChI is InChI=1S/C22H20N2O3/c1-3-12-14-7-5-6-8-18(14)23-20-16(12)10-24-19(20)9-15-13(4-2)22(26)27-11-17(15)21(24)25/h5-9,13H,3-4,10-11H2,1-2H3/t13-/m0/s1. The van der Waals surface area contributed by atoms with E-state index in [1.165, 1.54) is 5.56 Å². The molecule has 5 nitrogen and oxygen atoms in total. The first-order valence-electron chi connectivity index (χ1n) is 9.48. The Hall–Kier alpha value is -2.95. The van der Waals surface area contributed by atoms with Gasteiger partial charge in [0, 0.05) is 10.9 Å². The average molecular weight is 360 g/mol. The molecule has 0 radical (unpaired) electrons. The number of hydrogen-bond acceptors (Lipinski definition) is 4. The SMILES string of the molecule is CCc1c2c(nc3ccccc13)-c1cc3c(c(=O)n1C2)COC(=O)[C@H]3CC. The van der Waals surface area contributed by atoms with Crippen LogP contribution < -0.4 is 5.56 Å². The number of nitrogens with zero attached hydrogens (tertiary/aromatic N) is 2. The van der Waals surface area contributed by atoms with Crippen LogP contribution in [0, 0.1) is 0 Å². The molecule has 0 spiro atoms. The van der Waals surface area contributed by atoms with Crippen molar-refractivity contribution in [2.45, 2.75) is 45.8 Å². The van der Waals surface area contributed by atoms with Crippen LogP contribution in [0.3, 0.4) is 0 Å². The number of cyclic esters (lactones) is 1. The molecule has 0 unspecified atom stereocenters. The summed E-state index contributed by atoms with van der Waals surface area (Å²) in [5, 5.41) is 1.15. The molecule has 2 aliphatic heterocycles. The minimum atomic E-state index is -0.373. The summed E-state index contributed by atoms with van der Waals surface area (Å²) in [7, 11) is 0. The number of pyridine rings is 2. The van der Waals surface area contributed by atoms with Crippen molar-refractivity contribution in [3.8, 4) is 11.4 Å². The molecule has 0 saturated heterocycles. The van der Waals surface area contributed by atoms with Gasteiger partial charge < -0.3 is 9.30 Å². The highest BCUT2D eigenvalue weighted by Crippen LogP contribution is 2.38. The van der Waals surface area contributed by atoms with E-state index in [1.807, 2.05) is 31.2 Å². The fraction of sp³-hybridized carbons (Fsp3) is 0.318. The molecule has 5 heteroatoms. The van der Waals surface area contributed by atoms with Gasteiger partial charge in [0.05, 0.1) is 34.9 Å². The first-order valence-corrected chi connectivity index (χ1v) is 9.48. The molecule has 2 aliphatic rings. The molecule has 0 fully saturated rings. The van der Waals surface area contributed by atoms with Crippen LogP contribution in [-0.4, -0.2) is 15.5 Å². The first kappa shape index (κ1) is 16.2. The molecule has 0 saturated carbocycles. The summed E-state index contributed by atoms with van der Waals surface area (Å²) < 4.78 is 7.06. The van der Waals surface area contributed by atoms with E-state index in [0.717, 1.165) is 39.8 Å². The predicted octanol–water partition coefficient (Wildman–Crippen LogP) is 3.54. The van der Waals surface area contributed by atoms with E-state index in [9.17, 15) is 9.59 Å². The van der Waals surface area contributed by atoms with Gasteiger partial charge in [0.1, 0.15) is 6.61 Å². The van der Waals surface area contributed by atoms with Crippen LogP contribution in [0.15, 0.2) is 35.1 Å². The summed E-state index contributed by atoms with van der Waals surface area (Å²) in [6.45, 7) is 4.68. The van der Waals surface area contributed by atoms with Gasteiger partial charge in [0.25, 0.3) is 5.56 Å². The zero-order valence-electron chi connectivity index (χ0n) is 15.4. The summed E-state index contributed by atoms with van der Waals surface area (Å²) in [5.74, 6) is -0.615. The van der Waals surface area contributed by atoms with Gasteiger partial charge in [0.2, 0.25) is 0 Å². The van der Waals surface area contributed by atoms with Gasteiger partial charge in [-0.15, -0.1) is 0 Å². The molecule has 0 amide bonds. The van der Waals surface area contributed by atoms with Gasteiger partial charge in [0.15, 0.2) is 0 Å². The highest BCUT2D eigenvalue weighted by atomic mass is 16.5. The Morgan fingerprint density at radius 1 is 1.19 bits per heavy atom. The maximum atomic E-state index is 13.2. The van der Waals surface area contributed by atoms with Crippen molar-refractivity contribution in [2.24, 2.45) is 0 Å². The van der Waals surface area contributed by atoms with Crippen LogP contribution in [0.4, 0.5) is 0 Å². The third kappa shape index (κ3) is 2.14.